The smallest absolute Gasteiger partial charge is 0.351 e. The molecule has 94 valence electrons. The Morgan fingerprint density at radius 2 is 1.81 bits per heavy atom. The molecule has 0 radical (unpaired) electrons. The Bertz CT molecular complexity index is 225. The van der Waals surface area contributed by atoms with E-state index in [0.29, 0.717) is 0 Å². The highest BCUT2D eigenvalue weighted by Gasteiger charge is 2.52. The summed E-state index contributed by atoms with van der Waals surface area (Å²) in [5.41, 5.74) is -0.398. The molecule has 1 fully saturated rings. The number of hydrogen-bond acceptors (Lipinski definition) is 2. The van der Waals surface area contributed by atoms with Crippen LogP contribution in [0.5, 0.6) is 0 Å². The molecule has 0 N–H and O–H groups in total. The second kappa shape index (κ2) is 6.27. The van der Waals surface area contributed by atoms with Crippen LogP contribution in [0.25, 0.3) is 0 Å². The van der Waals surface area contributed by atoms with Crippen molar-refractivity contribution in [3.8, 4) is 0 Å². The Kier molecular flexibility index (Phi) is 5.30. The highest BCUT2D eigenvalue weighted by Crippen LogP contribution is 2.34. The minimum Gasteiger partial charge on any atom is -0.444 e. The zero-order valence-corrected chi connectivity index (χ0v) is 11.1. The van der Waals surface area contributed by atoms with Crippen molar-refractivity contribution in [3.63, 3.8) is 0 Å². The maximum absolute atomic E-state index is 10.9. The molecule has 1 saturated heterocycles. The van der Waals surface area contributed by atoms with E-state index in [1.54, 1.807) is 0 Å². The predicted octanol–water partition coefficient (Wildman–Crippen LogP) is 4.08. The summed E-state index contributed by atoms with van der Waals surface area (Å²) in [6.07, 6.45) is 9.94. The van der Waals surface area contributed by atoms with E-state index in [1.807, 2.05) is 6.92 Å². The van der Waals surface area contributed by atoms with Crippen LogP contribution in [0.3, 0.4) is 0 Å². The highest BCUT2D eigenvalue weighted by molar-refractivity contribution is 5.92. The SMILES string of the molecule is CCCCC(CC)CCCCC1(C)OC1=O. The molecule has 1 aliphatic rings. The first-order valence-electron chi connectivity index (χ1n) is 6.85. The largest absolute Gasteiger partial charge is 0.444 e. The van der Waals surface area contributed by atoms with Crippen molar-refractivity contribution in [2.75, 3.05) is 0 Å². The summed E-state index contributed by atoms with van der Waals surface area (Å²) in [7, 11) is 0. The number of rotatable bonds is 9. The quantitative estimate of drug-likeness (QED) is 0.438. The van der Waals surface area contributed by atoms with E-state index in [0.717, 1.165) is 18.8 Å². The predicted molar refractivity (Wildman–Crippen MR) is 66.3 cm³/mol. The van der Waals surface area contributed by atoms with Crippen molar-refractivity contribution < 1.29 is 9.53 Å². The normalized spacial score (nSPS) is 25.3. The molecule has 1 rings (SSSR count). The van der Waals surface area contributed by atoms with Gasteiger partial charge < -0.3 is 4.74 Å². The maximum atomic E-state index is 10.9. The van der Waals surface area contributed by atoms with E-state index >= 15 is 0 Å². The summed E-state index contributed by atoms with van der Waals surface area (Å²) in [5, 5.41) is 0. The topological polar surface area (TPSA) is 29.6 Å². The first-order valence-corrected chi connectivity index (χ1v) is 6.85. The van der Waals surface area contributed by atoms with E-state index < -0.39 is 5.60 Å². The molecule has 0 aromatic rings. The van der Waals surface area contributed by atoms with Gasteiger partial charge in [0, 0.05) is 0 Å². The Morgan fingerprint density at radius 1 is 1.19 bits per heavy atom. The molecule has 0 aliphatic carbocycles. The van der Waals surface area contributed by atoms with Gasteiger partial charge in [0.05, 0.1) is 0 Å². The molecule has 2 nitrogen and oxygen atoms in total. The van der Waals surface area contributed by atoms with Crippen molar-refractivity contribution >= 4 is 5.97 Å². The third-order valence-corrected chi connectivity index (χ3v) is 3.77. The van der Waals surface area contributed by atoms with Crippen LogP contribution < -0.4 is 0 Å². The Labute approximate surface area is 99.8 Å². The van der Waals surface area contributed by atoms with Gasteiger partial charge in [-0.05, 0) is 25.7 Å². The molecule has 0 aromatic carbocycles. The molecule has 0 amide bonds. The van der Waals surface area contributed by atoms with Gasteiger partial charge in [-0.25, -0.2) is 4.79 Å². The first kappa shape index (κ1) is 13.5. The molecule has 0 spiro atoms. The Hall–Kier alpha value is -0.530. The zero-order valence-electron chi connectivity index (χ0n) is 11.1. The van der Waals surface area contributed by atoms with Crippen molar-refractivity contribution in [3.05, 3.63) is 0 Å². The number of carbonyl (C=O) groups is 1. The molecular formula is C14H26O2. The van der Waals surface area contributed by atoms with Gasteiger partial charge in [0.2, 0.25) is 5.60 Å². The lowest BCUT2D eigenvalue weighted by molar-refractivity contribution is -0.117. The number of ether oxygens (including phenoxy) is 1. The van der Waals surface area contributed by atoms with Crippen molar-refractivity contribution in [1.82, 2.24) is 0 Å². The lowest BCUT2D eigenvalue weighted by Crippen LogP contribution is -2.06. The molecule has 0 bridgehead atoms. The number of unbranched alkanes of at least 4 members (excludes halogenated alkanes) is 2. The second-order valence-corrected chi connectivity index (χ2v) is 5.28. The van der Waals surface area contributed by atoms with Gasteiger partial charge in [0.15, 0.2) is 0 Å². The van der Waals surface area contributed by atoms with Crippen LogP contribution >= 0.6 is 0 Å². The van der Waals surface area contributed by atoms with Gasteiger partial charge in [0.25, 0.3) is 0 Å². The molecular weight excluding hydrogens is 200 g/mol. The van der Waals surface area contributed by atoms with Crippen LogP contribution in [0.4, 0.5) is 0 Å². The van der Waals surface area contributed by atoms with Crippen LogP contribution in [0.15, 0.2) is 0 Å². The number of carbonyl (C=O) groups excluding carboxylic acids is 1. The summed E-state index contributed by atoms with van der Waals surface area (Å²) < 4.78 is 4.96. The minimum absolute atomic E-state index is 0.00877. The van der Waals surface area contributed by atoms with Gasteiger partial charge >= 0.3 is 5.97 Å². The lowest BCUT2D eigenvalue weighted by atomic mass is 9.92. The fourth-order valence-corrected chi connectivity index (χ4v) is 2.27. The number of cyclic esters (lactones) is 1. The standard InChI is InChI=1S/C14H26O2/c1-4-6-9-12(5-2)10-7-8-11-14(3)13(15)16-14/h12H,4-11H2,1-3H3. The van der Waals surface area contributed by atoms with Gasteiger partial charge in [-0.3, -0.25) is 0 Å². The molecule has 16 heavy (non-hydrogen) atoms. The molecule has 2 heteroatoms. The van der Waals surface area contributed by atoms with Crippen molar-refractivity contribution in [1.29, 1.82) is 0 Å². The van der Waals surface area contributed by atoms with Gasteiger partial charge in [-0.2, -0.15) is 0 Å². The maximum Gasteiger partial charge on any atom is 0.351 e. The van der Waals surface area contributed by atoms with Crippen LogP contribution in [0.2, 0.25) is 0 Å². The van der Waals surface area contributed by atoms with E-state index in [-0.39, 0.29) is 5.97 Å². The summed E-state index contributed by atoms with van der Waals surface area (Å²) in [4.78, 5) is 10.9. The Balaban J connectivity index is 2.02. The molecule has 2 unspecified atom stereocenters. The minimum atomic E-state index is -0.398. The van der Waals surface area contributed by atoms with Crippen LogP contribution in [-0.2, 0) is 9.53 Å². The van der Waals surface area contributed by atoms with Gasteiger partial charge in [-0.1, -0.05) is 52.4 Å². The van der Waals surface area contributed by atoms with Crippen LogP contribution in [-0.4, -0.2) is 11.6 Å². The average molecular weight is 226 g/mol. The van der Waals surface area contributed by atoms with Crippen molar-refractivity contribution in [2.45, 2.75) is 77.7 Å². The Morgan fingerprint density at radius 3 is 2.31 bits per heavy atom. The summed E-state index contributed by atoms with van der Waals surface area (Å²) in [5.74, 6) is 0.883. The highest BCUT2D eigenvalue weighted by atomic mass is 16.7. The first-order chi connectivity index (χ1) is 7.62. The van der Waals surface area contributed by atoms with E-state index in [4.69, 9.17) is 4.74 Å². The fourth-order valence-electron chi connectivity index (χ4n) is 2.27. The molecule has 0 saturated carbocycles. The lowest BCUT2D eigenvalue weighted by Gasteiger charge is -2.13. The second-order valence-electron chi connectivity index (χ2n) is 5.28. The van der Waals surface area contributed by atoms with E-state index in [9.17, 15) is 4.79 Å². The van der Waals surface area contributed by atoms with E-state index in [2.05, 4.69) is 13.8 Å². The molecule has 2 atom stereocenters. The molecule has 1 aliphatic heterocycles. The van der Waals surface area contributed by atoms with Crippen LogP contribution in [0.1, 0.15) is 72.1 Å². The fraction of sp³-hybridized carbons (Fsp3) is 0.929. The molecule has 1 heterocycles. The van der Waals surface area contributed by atoms with Crippen LogP contribution in [0, 0.1) is 5.92 Å². The van der Waals surface area contributed by atoms with Gasteiger partial charge in [-0.15, -0.1) is 0 Å². The number of epoxide rings is 1. The summed E-state index contributed by atoms with van der Waals surface area (Å²) in [6.45, 7) is 6.45. The summed E-state index contributed by atoms with van der Waals surface area (Å²) in [6, 6.07) is 0. The van der Waals surface area contributed by atoms with E-state index in [1.165, 1.54) is 38.5 Å². The third kappa shape index (κ3) is 4.15. The monoisotopic (exact) mass is 226 g/mol. The third-order valence-electron chi connectivity index (χ3n) is 3.77. The number of hydrogen-bond donors (Lipinski definition) is 0. The van der Waals surface area contributed by atoms with Crippen molar-refractivity contribution in [2.24, 2.45) is 5.92 Å². The zero-order chi connectivity index (χ0) is 12.0. The molecule has 0 aromatic heterocycles. The average Bonchev–Trinajstić information content (AvgIpc) is 2.86. The summed E-state index contributed by atoms with van der Waals surface area (Å²) >= 11 is 0. The van der Waals surface area contributed by atoms with Gasteiger partial charge in [0.1, 0.15) is 0 Å².